The fraction of sp³-hybridized carbons (Fsp3) is 0.280. The minimum absolute atomic E-state index is 0.244. The predicted octanol–water partition coefficient (Wildman–Crippen LogP) is 5.08. The highest BCUT2D eigenvalue weighted by atomic mass is 127. The van der Waals surface area contributed by atoms with Crippen LogP contribution in [0.15, 0.2) is 72.8 Å². The van der Waals surface area contributed by atoms with Crippen molar-refractivity contribution in [1.82, 2.24) is 4.90 Å². The van der Waals surface area contributed by atoms with E-state index in [0.29, 0.717) is 5.75 Å². The van der Waals surface area contributed by atoms with Gasteiger partial charge in [-0.3, -0.25) is 4.90 Å². The molecule has 1 unspecified atom stereocenters. The summed E-state index contributed by atoms with van der Waals surface area (Å²) in [5.41, 5.74) is 10.6. The molecule has 156 valence electrons. The van der Waals surface area contributed by atoms with Crippen molar-refractivity contribution in [2.24, 2.45) is 0 Å². The Bertz CT molecular complexity index is 962. The van der Waals surface area contributed by atoms with Crippen molar-refractivity contribution in [3.05, 3.63) is 87.5 Å². The molecule has 0 aromatic heterocycles. The van der Waals surface area contributed by atoms with E-state index in [1.54, 1.807) is 12.1 Å². The number of nitrogen functional groups attached to an aromatic ring is 1. The lowest BCUT2D eigenvalue weighted by Gasteiger charge is -2.43. The second-order valence-electron chi connectivity index (χ2n) is 7.90. The highest BCUT2D eigenvalue weighted by Gasteiger charge is 2.29. The smallest absolute Gasteiger partial charge is 0.115 e. The monoisotopic (exact) mass is 513 g/mol. The number of aryl methyl sites for hydroxylation is 1. The van der Waals surface area contributed by atoms with E-state index in [1.807, 2.05) is 24.3 Å². The van der Waals surface area contributed by atoms with E-state index in [1.165, 1.54) is 20.4 Å². The number of rotatable bonds is 6. The third-order valence-corrected chi connectivity index (χ3v) is 6.67. The molecule has 0 amide bonds. The first-order valence-electron chi connectivity index (χ1n) is 10.5. The van der Waals surface area contributed by atoms with E-state index in [-0.39, 0.29) is 6.04 Å². The number of benzene rings is 3. The van der Waals surface area contributed by atoms with E-state index < -0.39 is 0 Å². The molecule has 1 atom stereocenters. The standard InChI is InChI=1S/C25H28IN3O/c26-23-17-21(27)10-13-24(23)29-16-15-28(14-4-7-19-5-2-1-3-6-19)18-25(29)20-8-11-22(30)12-9-20/h1-3,5-6,8-13,17,25,30H,4,7,14-16,18,27H2. The Morgan fingerprint density at radius 2 is 1.73 bits per heavy atom. The first kappa shape index (κ1) is 21.0. The predicted molar refractivity (Wildman–Crippen MR) is 133 cm³/mol. The second-order valence-corrected chi connectivity index (χ2v) is 9.06. The zero-order chi connectivity index (χ0) is 20.9. The number of halogens is 1. The molecular formula is C25H28IN3O. The lowest BCUT2D eigenvalue weighted by Crippen LogP contribution is -2.49. The van der Waals surface area contributed by atoms with E-state index in [2.05, 4.69) is 68.8 Å². The van der Waals surface area contributed by atoms with E-state index in [9.17, 15) is 5.11 Å². The van der Waals surface area contributed by atoms with Gasteiger partial charge in [-0.1, -0.05) is 42.5 Å². The summed E-state index contributed by atoms with van der Waals surface area (Å²) in [5.74, 6) is 0.308. The van der Waals surface area contributed by atoms with Gasteiger partial charge in [-0.25, -0.2) is 0 Å². The van der Waals surface area contributed by atoms with Crippen LogP contribution in [0.25, 0.3) is 0 Å². The van der Waals surface area contributed by atoms with Crippen molar-refractivity contribution < 1.29 is 5.11 Å². The lowest BCUT2D eigenvalue weighted by molar-refractivity contribution is 0.221. The minimum atomic E-state index is 0.244. The molecule has 4 rings (SSSR count). The van der Waals surface area contributed by atoms with Crippen LogP contribution in [0.3, 0.4) is 0 Å². The maximum Gasteiger partial charge on any atom is 0.115 e. The molecular weight excluding hydrogens is 485 g/mol. The van der Waals surface area contributed by atoms with Crippen LogP contribution in [0.1, 0.15) is 23.6 Å². The summed E-state index contributed by atoms with van der Waals surface area (Å²) in [6.07, 6.45) is 2.27. The third kappa shape index (κ3) is 5.08. The summed E-state index contributed by atoms with van der Waals surface area (Å²) in [5, 5.41) is 9.75. The van der Waals surface area contributed by atoms with Gasteiger partial charge in [0.25, 0.3) is 0 Å². The van der Waals surface area contributed by atoms with Crippen LogP contribution in [0, 0.1) is 3.57 Å². The number of nitrogens with zero attached hydrogens (tertiary/aromatic N) is 2. The highest BCUT2D eigenvalue weighted by molar-refractivity contribution is 14.1. The van der Waals surface area contributed by atoms with Crippen molar-refractivity contribution >= 4 is 34.0 Å². The molecule has 30 heavy (non-hydrogen) atoms. The molecule has 0 saturated carbocycles. The van der Waals surface area contributed by atoms with Crippen molar-refractivity contribution in [1.29, 1.82) is 0 Å². The second kappa shape index (κ2) is 9.71. The van der Waals surface area contributed by atoms with Gasteiger partial charge in [-0.15, -0.1) is 0 Å². The average molecular weight is 513 g/mol. The van der Waals surface area contributed by atoms with Gasteiger partial charge < -0.3 is 15.7 Å². The van der Waals surface area contributed by atoms with Crippen molar-refractivity contribution in [3.63, 3.8) is 0 Å². The van der Waals surface area contributed by atoms with E-state index in [0.717, 1.165) is 44.7 Å². The first-order valence-corrected chi connectivity index (χ1v) is 11.5. The first-order chi connectivity index (χ1) is 14.6. The van der Waals surface area contributed by atoms with Gasteiger partial charge in [0.05, 0.1) is 11.7 Å². The van der Waals surface area contributed by atoms with Gasteiger partial charge in [0.15, 0.2) is 0 Å². The van der Waals surface area contributed by atoms with Gasteiger partial charge in [0.2, 0.25) is 0 Å². The van der Waals surface area contributed by atoms with Gasteiger partial charge in [-0.2, -0.15) is 0 Å². The number of aromatic hydroxyl groups is 1. The Morgan fingerprint density at radius 3 is 2.47 bits per heavy atom. The van der Waals surface area contributed by atoms with Crippen LogP contribution in [-0.4, -0.2) is 36.2 Å². The number of anilines is 2. The molecule has 1 aliphatic rings. The fourth-order valence-corrected chi connectivity index (χ4v) is 5.07. The zero-order valence-electron chi connectivity index (χ0n) is 17.0. The number of phenolic OH excluding ortho intramolecular Hbond substituents is 1. The average Bonchev–Trinajstić information content (AvgIpc) is 2.75. The maximum atomic E-state index is 9.75. The maximum absolute atomic E-state index is 9.75. The molecule has 1 fully saturated rings. The Labute approximate surface area is 192 Å². The van der Waals surface area contributed by atoms with Gasteiger partial charge in [-0.05, 0) is 83.4 Å². The number of hydrogen-bond donors (Lipinski definition) is 2. The molecule has 5 heteroatoms. The minimum Gasteiger partial charge on any atom is -0.508 e. The molecule has 0 radical (unpaired) electrons. The molecule has 4 nitrogen and oxygen atoms in total. The molecule has 1 heterocycles. The topological polar surface area (TPSA) is 52.7 Å². The number of hydrogen-bond acceptors (Lipinski definition) is 4. The molecule has 0 spiro atoms. The van der Waals surface area contributed by atoms with E-state index in [4.69, 9.17) is 5.73 Å². The number of piperazine rings is 1. The quantitative estimate of drug-likeness (QED) is 0.357. The van der Waals surface area contributed by atoms with Crippen LogP contribution in [0.4, 0.5) is 11.4 Å². The van der Waals surface area contributed by atoms with Crippen LogP contribution >= 0.6 is 22.6 Å². The third-order valence-electron chi connectivity index (χ3n) is 5.81. The lowest BCUT2D eigenvalue weighted by atomic mass is 10.0. The molecule has 0 bridgehead atoms. The number of phenols is 1. The van der Waals surface area contributed by atoms with Gasteiger partial charge in [0, 0.05) is 28.9 Å². The van der Waals surface area contributed by atoms with E-state index >= 15 is 0 Å². The Balaban J connectivity index is 1.50. The van der Waals surface area contributed by atoms with Gasteiger partial charge >= 0.3 is 0 Å². The Kier molecular flexibility index (Phi) is 6.79. The molecule has 3 N–H and O–H groups in total. The van der Waals surface area contributed by atoms with Crippen LogP contribution < -0.4 is 10.6 Å². The summed E-state index contributed by atoms with van der Waals surface area (Å²) in [7, 11) is 0. The molecule has 3 aromatic carbocycles. The molecule has 1 aliphatic heterocycles. The molecule has 0 aliphatic carbocycles. The Morgan fingerprint density at radius 1 is 0.967 bits per heavy atom. The number of nitrogens with two attached hydrogens (primary N) is 1. The van der Waals surface area contributed by atoms with Crippen LogP contribution in [-0.2, 0) is 6.42 Å². The Hall–Kier alpha value is -2.25. The summed E-state index contributed by atoms with van der Waals surface area (Å²) in [6.45, 7) is 4.08. The van der Waals surface area contributed by atoms with Crippen molar-refractivity contribution in [2.45, 2.75) is 18.9 Å². The molecule has 3 aromatic rings. The normalized spacial score (nSPS) is 17.2. The summed E-state index contributed by atoms with van der Waals surface area (Å²) >= 11 is 2.38. The highest BCUT2D eigenvalue weighted by Crippen LogP contribution is 2.35. The zero-order valence-corrected chi connectivity index (χ0v) is 19.2. The van der Waals surface area contributed by atoms with Crippen LogP contribution in [0.5, 0.6) is 5.75 Å². The summed E-state index contributed by atoms with van der Waals surface area (Å²) in [4.78, 5) is 5.06. The largest absolute Gasteiger partial charge is 0.508 e. The fourth-order valence-electron chi connectivity index (χ4n) is 4.22. The van der Waals surface area contributed by atoms with Crippen molar-refractivity contribution in [2.75, 3.05) is 36.8 Å². The van der Waals surface area contributed by atoms with Crippen molar-refractivity contribution in [3.8, 4) is 5.75 Å². The van der Waals surface area contributed by atoms with Gasteiger partial charge in [0.1, 0.15) is 5.75 Å². The summed E-state index contributed by atoms with van der Waals surface area (Å²) < 4.78 is 1.17. The van der Waals surface area contributed by atoms with Crippen LogP contribution in [0.2, 0.25) is 0 Å². The SMILES string of the molecule is Nc1ccc(N2CCN(CCCc3ccccc3)CC2c2ccc(O)cc2)c(I)c1. The summed E-state index contributed by atoms with van der Waals surface area (Å²) in [6, 6.07) is 24.8. The molecule has 1 saturated heterocycles.